The SMILES string of the molecule is CCCCCCCCCCCCc1ccccc1[S-](=O)=O.C[CH-]C.[Ti+2]. The summed E-state index contributed by atoms with van der Waals surface area (Å²) in [5.41, 5.74) is 0.963. The first-order valence-electron chi connectivity index (χ1n) is 9.58. The Balaban J connectivity index is 0. The molecule has 0 saturated heterocycles. The predicted octanol–water partition coefficient (Wildman–Crippen LogP) is 7.05. The Morgan fingerprint density at radius 2 is 1.24 bits per heavy atom. The Morgan fingerprint density at radius 1 is 0.800 bits per heavy atom. The van der Waals surface area contributed by atoms with E-state index in [9.17, 15) is 8.42 Å². The van der Waals surface area contributed by atoms with Crippen molar-refractivity contribution in [1.82, 2.24) is 0 Å². The molecule has 1 aromatic rings. The summed E-state index contributed by atoms with van der Waals surface area (Å²) in [7, 11) is -2.11. The van der Waals surface area contributed by atoms with Gasteiger partial charge in [-0.25, -0.2) is 0 Å². The minimum atomic E-state index is -2.11. The van der Waals surface area contributed by atoms with E-state index >= 15 is 0 Å². The van der Waals surface area contributed by atoms with Crippen LogP contribution in [-0.2, 0) is 47.3 Å². The van der Waals surface area contributed by atoms with Gasteiger partial charge in [-0.2, -0.15) is 13.8 Å². The zero-order valence-electron chi connectivity index (χ0n) is 16.4. The van der Waals surface area contributed by atoms with E-state index in [-0.39, 0.29) is 21.7 Å². The molecule has 0 fully saturated rings. The van der Waals surface area contributed by atoms with Crippen LogP contribution in [0.5, 0.6) is 0 Å². The molecule has 0 aliphatic heterocycles. The number of rotatable bonds is 12. The normalized spacial score (nSPS) is 10.1. The molecule has 2 nitrogen and oxygen atoms in total. The average Bonchev–Trinajstić information content (AvgIpc) is 2.57. The first-order valence-corrected chi connectivity index (χ1v) is 10.7. The van der Waals surface area contributed by atoms with E-state index in [0.29, 0.717) is 4.90 Å². The van der Waals surface area contributed by atoms with Crippen LogP contribution < -0.4 is 0 Å². The summed E-state index contributed by atoms with van der Waals surface area (Å²) in [5.74, 6) is 0. The van der Waals surface area contributed by atoms with Crippen molar-refractivity contribution in [3.05, 3.63) is 36.2 Å². The third-order valence-corrected chi connectivity index (χ3v) is 4.71. The number of benzene rings is 1. The second-order valence-corrected chi connectivity index (χ2v) is 7.26. The van der Waals surface area contributed by atoms with Crippen molar-refractivity contribution in [2.45, 2.75) is 96.3 Å². The number of hydrogen-bond donors (Lipinski definition) is 0. The molecule has 1 rings (SSSR count). The zero-order chi connectivity index (χ0) is 18.0. The van der Waals surface area contributed by atoms with E-state index in [4.69, 9.17) is 0 Å². The molecule has 0 heterocycles. The minimum Gasteiger partial charge on any atom is -0.420 e. The molecule has 0 amide bonds. The first kappa shape index (κ1) is 27.1. The molecule has 142 valence electrons. The molecule has 0 atom stereocenters. The number of aryl methyl sites for hydroxylation is 1. The van der Waals surface area contributed by atoms with Gasteiger partial charge >= 0.3 is 21.7 Å². The van der Waals surface area contributed by atoms with Gasteiger partial charge in [-0.3, -0.25) is 0 Å². The summed E-state index contributed by atoms with van der Waals surface area (Å²) >= 11 is 0. The monoisotopic (exact) mass is 400 g/mol. The number of unbranched alkanes of at least 4 members (excludes halogenated alkanes) is 9. The van der Waals surface area contributed by atoms with Crippen LogP contribution in [0.4, 0.5) is 0 Å². The van der Waals surface area contributed by atoms with Crippen LogP contribution >= 0.6 is 0 Å². The summed E-state index contributed by atoms with van der Waals surface area (Å²) in [4.78, 5) is 0.466. The summed E-state index contributed by atoms with van der Waals surface area (Å²) in [6.45, 7) is 6.25. The second-order valence-electron chi connectivity index (χ2n) is 6.35. The van der Waals surface area contributed by atoms with Gasteiger partial charge in [-0.05, 0) is 23.5 Å². The van der Waals surface area contributed by atoms with Crippen LogP contribution in [0.15, 0.2) is 29.2 Å². The van der Waals surface area contributed by atoms with Crippen LogP contribution in [0.25, 0.3) is 0 Å². The second kappa shape index (κ2) is 20.2. The topological polar surface area (TPSA) is 34.1 Å². The first-order chi connectivity index (χ1) is 11.7. The van der Waals surface area contributed by atoms with Crippen LogP contribution in [0, 0.1) is 6.42 Å². The molecule has 0 aliphatic rings. The molecule has 0 bridgehead atoms. The Labute approximate surface area is 173 Å². The molecule has 0 aromatic heterocycles. The van der Waals surface area contributed by atoms with E-state index in [1.807, 2.05) is 32.4 Å². The van der Waals surface area contributed by atoms with Gasteiger partial charge < -0.3 is 14.8 Å². The van der Waals surface area contributed by atoms with Gasteiger partial charge in [0.05, 0.1) is 0 Å². The van der Waals surface area contributed by atoms with Crippen molar-refractivity contribution in [3.8, 4) is 0 Å². The molecule has 0 unspecified atom stereocenters. The minimum absolute atomic E-state index is 0. The van der Waals surface area contributed by atoms with Crippen molar-refractivity contribution in [2.75, 3.05) is 0 Å². The maximum Gasteiger partial charge on any atom is 2.00 e. The third-order valence-electron chi connectivity index (χ3n) is 3.95. The molecule has 1 aromatic carbocycles. The van der Waals surface area contributed by atoms with Crippen LogP contribution in [0.3, 0.4) is 0 Å². The van der Waals surface area contributed by atoms with Crippen molar-refractivity contribution < 1.29 is 30.1 Å². The molecule has 25 heavy (non-hydrogen) atoms. The number of hydrogen-bond acceptors (Lipinski definition) is 3. The third kappa shape index (κ3) is 15.8. The van der Waals surface area contributed by atoms with Crippen molar-refractivity contribution in [2.24, 2.45) is 0 Å². The van der Waals surface area contributed by atoms with E-state index in [1.54, 1.807) is 12.1 Å². The Kier molecular flexibility index (Phi) is 21.9. The summed E-state index contributed by atoms with van der Waals surface area (Å²) < 4.78 is 22.2. The molecule has 0 spiro atoms. The fourth-order valence-electron chi connectivity index (χ4n) is 2.68. The van der Waals surface area contributed by atoms with Gasteiger partial charge in [0, 0.05) is 0 Å². The largest absolute Gasteiger partial charge is 2.00 e. The summed E-state index contributed by atoms with van der Waals surface area (Å²) in [6.07, 6.45) is 16.0. The van der Waals surface area contributed by atoms with E-state index in [1.165, 1.54) is 57.8 Å². The summed E-state index contributed by atoms with van der Waals surface area (Å²) in [5, 5.41) is 0. The fourth-order valence-corrected chi connectivity index (χ4v) is 3.25. The average molecular weight is 400 g/mol. The molecule has 0 aliphatic carbocycles. The van der Waals surface area contributed by atoms with Gasteiger partial charge in [0.2, 0.25) is 0 Å². The van der Waals surface area contributed by atoms with Gasteiger partial charge in [0.1, 0.15) is 0 Å². The zero-order valence-corrected chi connectivity index (χ0v) is 18.8. The Bertz CT molecular complexity index is 465. The van der Waals surface area contributed by atoms with Crippen LogP contribution in [0.1, 0.15) is 90.5 Å². The molecule has 0 radical (unpaired) electrons. The molecule has 4 heteroatoms. The molecule has 0 N–H and O–H groups in total. The van der Waals surface area contributed by atoms with Gasteiger partial charge in [-0.1, -0.05) is 99.4 Å². The fraction of sp³-hybridized carbons (Fsp3) is 0.667. The molecular formula is C21H36O2STi. The smallest absolute Gasteiger partial charge is 0.420 e. The van der Waals surface area contributed by atoms with Gasteiger partial charge in [0.25, 0.3) is 0 Å². The quantitative estimate of drug-likeness (QED) is 0.163. The van der Waals surface area contributed by atoms with Gasteiger partial charge in [0.15, 0.2) is 0 Å². The van der Waals surface area contributed by atoms with Gasteiger partial charge in [-0.15, -0.1) is 0 Å². The molecular weight excluding hydrogens is 364 g/mol. The Hall–Kier alpha value is -0.116. The van der Waals surface area contributed by atoms with E-state index in [2.05, 4.69) is 6.92 Å². The van der Waals surface area contributed by atoms with Crippen LogP contribution in [-0.4, -0.2) is 0 Å². The molecule has 0 saturated carbocycles. The van der Waals surface area contributed by atoms with Crippen molar-refractivity contribution in [3.63, 3.8) is 0 Å². The maximum atomic E-state index is 11.1. The van der Waals surface area contributed by atoms with Crippen molar-refractivity contribution >= 4 is 10.7 Å². The van der Waals surface area contributed by atoms with Crippen LogP contribution in [0.2, 0.25) is 0 Å². The summed E-state index contributed by atoms with van der Waals surface area (Å²) in [6, 6.07) is 7.32. The Morgan fingerprint density at radius 3 is 1.72 bits per heavy atom. The predicted molar refractivity (Wildman–Crippen MR) is 105 cm³/mol. The van der Waals surface area contributed by atoms with E-state index in [0.717, 1.165) is 18.4 Å². The van der Waals surface area contributed by atoms with Crippen molar-refractivity contribution in [1.29, 1.82) is 0 Å². The standard InChI is InChI=1S/C18H29O2S.C3H7.Ti/c1-2-3-4-5-6-7-8-9-10-11-14-17-15-12-13-16-18(17)21(19)20;1-3-2;/h12-13,15-16H,2-11,14H2,1H3;3H,1-2H3;/q2*-1;+2. The van der Waals surface area contributed by atoms with E-state index < -0.39 is 10.7 Å². The maximum absolute atomic E-state index is 11.1.